The number of para-hydroxylation sites is 1. The molecule has 0 radical (unpaired) electrons. The molecule has 8 aromatic rings. The summed E-state index contributed by atoms with van der Waals surface area (Å²) in [6, 6.07) is 48.6. The zero-order chi connectivity index (χ0) is 35.3. The molecule has 0 aliphatic heterocycles. The summed E-state index contributed by atoms with van der Waals surface area (Å²) >= 11 is 0. The molecule has 0 aliphatic carbocycles. The Kier molecular flexibility index (Phi) is 9.85. The van der Waals surface area contributed by atoms with Crippen molar-refractivity contribution < 1.29 is 0 Å². The SMILES string of the molecule is C/C=C\C=C(/CC)c1c(-c2ccccc2)c(-c2ccccc2)c(-c2ccccc2)c2cn(-c3ccc4c(c3)c3ccccc3n4CC)cc12.CC. The van der Waals surface area contributed by atoms with Crippen LogP contribution in [0.4, 0.5) is 0 Å². The third-order valence-corrected chi connectivity index (χ3v) is 9.86. The van der Waals surface area contributed by atoms with Crippen LogP contribution < -0.4 is 0 Å². The Labute approximate surface area is 302 Å². The van der Waals surface area contributed by atoms with Crippen molar-refractivity contribution in [2.24, 2.45) is 0 Å². The summed E-state index contributed by atoms with van der Waals surface area (Å²) in [5, 5.41) is 5.08. The van der Waals surface area contributed by atoms with Crippen LogP contribution >= 0.6 is 0 Å². The van der Waals surface area contributed by atoms with Gasteiger partial charge in [-0.2, -0.15) is 0 Å². The predicted molar refractivity (Wildman–Crippen MR) is 223 cm³/mol. The molecule has 2 heterocycles. The lowest BCUT2D eigenvalue weighted by molar-refractivity contribution is 0.827. The van der Waals surface area contributed by atoms with Gasteiger partial charge < -0.3 is 9.13 Å². The van der Waals surface area contributed by atoms with E-state index in [1.807, 2.05) is 13.8 Å². The number of hydrogen-bond acceptors (Lipinski definition) is 0. The summed E-state index contributed by atoms with van der Waals surface area (Å²) in [4.78, 5) is 0. The number of allylic oxidation sites excluding steroid dienone is 4. The molecule has 0 saturated carbocycles. The highest BCUT2D eigenvalue weighted by Crippen LogP contribution is 2.50. The Morgan fingerprint density at radius 3 is 1.71 bits per heavy atom. The first-order valence-corrected chi connectivity index (χ1v) is 18.4. The highest BCUT2D eigenvalue weighted by molar-refractivity contribution is 6.16. The molecule has 0 N–H and O–H groups in total. The molecule has 2 aromatic heterocycles. The van der Waals surface area contributed by atoms with Crippen LogP contribution in [0.5, 0.6) is 0 Å². The van der Waals surface area contributed by atoms with E-state index in [9.17, 15) is 0 Å². The third kappa shape index (κ3) is 6.02. The van der Waals surface area contributed by atoms with Gasteiger partial charge in [-0.05, 0) is 89.1 Å². The van der Waals surface area contributed by atoms with Crippen LogP contribution in [-0.4, -0.2) is 9.13 Å². The fraction of sp³-hybridized carbons (Fsp3) is 0.143. The Morgan fingerprint density at radius 2 is 1.10 bits per heavy atom. The summed E-state index contributed by atoms with van der Waals surface area (Å²) in [6.07, 6.45) is 12.3. The van der Waals surface area contributed by atoms with Crippen molar-refractivity contribution in [2.45, 2.75) is 47.6 Å². The second-order valence-corrected chi connectivity index (χ2v) is 12.6. The molecular formula is C49H46N2. The Morgan fingerprint density at radius 1 is 0.549 bits per heavy atom. The van der Waals surface area contributed by atoms with E-state index in [1.54, 1.807) is 0 Å². The molecule has 6 aromatic carbocycles. The van der Waals surface area contributed by atoms with Gasteiger partial charge in [0.15, 0.2) is 0 Å². The fourth-order valence-corrected chi connectivity index (χ4v) is 7.68. The number of nitrogens with zero attached hydrogens (tertiary/aromatic N) is 2. The van der Waals surface area contributed by atoms with Gasteiger partial charge in [0.05, 0.1) is 0 Å². The quantitative estimate of drug-likeness (QED) is 0.143. The molecule has 0 bridgehead atoms. The van der Waals surface area contributed by atoms with Crippen LogP contribution in [0.2, 0.25) is 0 Å². The smallest absolute Gasteiger partial charge is 0.0492 e. The van der Waals surface area contributed by atoms with Gasteiger partial charge >= 0.3 is 0 Å². The summed E-state index contributed by atoms with van der Waals surface area (Å²) < 4.78 is 4.77. The lowest BCUT2D eigenvalue weighted by atomic mass is 9.79. The Hall–Kier alpha value is -5.86. The lowest BCUT2D eigenvalue weighted by Gasteiger charge is -2.23. The van der Waals surface area contributed by atoms with Crippen molar-refractivity contribution in [3.8, 4) is 39.1 Å². The van der Waals surface area contributed by atoms with Crippen LogP contribution in [0.25, 0.3) is 77.2 Å². The summed E-state index contributed by atoms with van der Waals surface area (Å²) in [5.74, 6) is 0. The van der Waals surface area contributed by atoms with E-state index < -0.39 is 0 Å². The number of aryl methyl sites for hydroxylation is 1. The Balaban J connectivity index is 0.00000200. The standard InChI is InChI=1S/C47H40N2.C2H6/c1-4-7-19-33(5-2)44-40-31-48(37-28-29-43-39(30-37)38-26-17-18-27-42(38)49(43)6-3)32-41(40)45(34-20-11-8-12-21-34)47(36-24-15-10-16-25-36)46(44)35-22-13-9-14-23-35;1-2/h4,7-32H,5-6H2,1-3H3;1-2H3/b7-4-,33-19+;. The van der Waals surface area contributed by atoms with Crippen molar-refractivity contribution in [1.82, 2.24) is 9.13 Å². The molecule has 2 nitrogen and oxygen atoms in total. The van der Waals surface area contributed by atoms with Gasteiger partial charge in [-0.1, -0.05) is 148 Å². The number of fused-ring (bicyclic) bond motifs is 4. The molecule has 0 atom stereocenters. The van der Waals surface area contributed by atoms with Crippen LogP contribution in [-0.2, 0) is 6.54 Å². The largest absolute Gasteiger partial charge is 0.341 e. The van der Waals surface area contributed by atoms with Crippen molar-refractivity contribution in [1.29, 1.82) is 0 Å². The molecule has 0 fully saturated rings. The minimum absolute atomic E-state index is 0.909. The Bertz CT molecular complexity index is 2490. The van der Waals surface area contributed by atoms with Gasteiger partial charge in [-0.15, -0.1) is 0 Å². The number of aromatic nitrogens is 2. The monoisotopic (exact) mass is 662 g/mol. The van der Waals surface area contributed by atoms with Crippen molar-refractivity contribution in [2.75, 3.05) is 0 Å². The molecule has 0 unspecified atom stereocenters. The highest BCUT2D eigenvalue weighted by Gasteiger charge is 2.25. The first kappa shape index (κ1) is 33.6. The number of rotatable bonds is 8. The van der Waals surface area contributed by atoms with Crippen LogP contribution in [0.1, 0.15) is 46.6 Å². The van der Waals surface area contributed by atoms with Gasteiger partial charge in [0.1, 0.15) is 0 Å². The van der Waals surface area contributed by atoms with Crippen molar-refractivity contribution >= 4 is 38.2 Å². The summed E-state index contributed by atoms with van der Waals surface area (Å²) in [7, 11) is 0. The van der Waals surface area contributed by atoms with E-state index in [0.717, 1.165) is 18.7 Å². The summed E-state index contributed by atoms with van der Waals surface area (Å²) in [5.41, 5.74) is 13.8. The molecule has 0 aliphatic rings. The maximum Gasteiger partial charge on any atom is 0.0492 e. The molecular weight excluding hydrogens is 617 g/mol. The predicted octanol–water partition coefficient (Wildman–Crippen LogP) is 14.2. The first-order valence-electron chi connectivity index (χ1n) is 18.4. The average molecular weight is 663 g/mol. The van der Waals surface area contributed by atoms with E-state index in [4.69, 9.17) is 0 Å². The maximum atomic E-state index is 2.42. The molecule has 0 saturated heterocycles. The molecule has 51 heavy (non-hydrogen) atoms. The van der Waals surface area contributed by atoms with E-state index in [2.05, 4.69) is 194 Å². The normalized spacial score (nSPS) is 11.8. The fourth-order valence-electron chi connectivity index (χ4n) is 7.68. The van der Waals surface area contributed by atoms with E-state index in [1.165, 1.54) is 77.1 Å². The summed E-state index contributed by atoms with van der Waals surface area (Å²) in [6.45, 7) is 11.5. The van der Waals surface area contributed by atoms with E-state index >= 15 is 0 Å². The maximum absolute atomic E-state index is 2.42. The van der Waals surface area contributed by atoms with Gasteiger partial charge in [0.25, 0.3) is 0 Å². The topological polar surface area (TPSA) is 9.86 Å². The van der Waals surface area contributed by atoms with Crippen LogP contribution in [0.15, 0.2) is 164 Å². The number of hydrogen-bond donors (Lipinski definition) is 0. The minimum Gasteiger partial charge on any atom is -0.341 e. The molecule has 0 amide bonds. The van der Waals surface area contributed by atoms with Gasteiger partial charge in [-0.25, -0.2) is 0 Å². The number of benzene rings is 6. The van der Waals surface area contributed by atoms with Crippen LogP contribution in [0.3, 0.4) is 0 Å². The zero-order valence-electron chi connectivity index (χ0n) is 30.4. The van der Waals surface area contributed by atoms with E-state index in [0.29, 0.717) is 0 Å². The second-order valence-electron chi connectivity index (χ2n) is 12.6. The lowest BCUT2D eigenvalue weighted by Crippen LogP contribution is -1.98. The van der Waals surface area contributed by atoms with Crippen molar-refractivity contribution in [3.63, 3.8) is 0 Å². The van der Waals surface area contributed by atoms with Crippen LogP contribution in [0, 0.1) is 0 Å². The third-order valence-electron chi connectivity index (χ3n) is 9.86. The van der Waals surface area contributed by atoms with Gasteiger partial charge in [0.2, 0.25) is 0 Å². The zero-order valence-corrected chi connectivity index (χ0v) is 30.4. The van der Waals surface area contributed by atoms with Crippen molar-refractivity contribution in [3.05, 3.63) is 170 Å². The van der Waals surface area contributed by atoms with Gasteiger partial charge in [-0.3, -0.25) is 0 Å². The highest BCUT2D eigenvalue weighted by atomic mass is 15.0. The second kappa shape index (κ2) is 14.9. The molecule has 252 valence electrons. The molecule has 2 heteroatoms. The van der Waals surface area contributed by atoms with Gasteiger partial charge in [0, 0.05) is 57.2 Å². The molecule has 8 rings (SSSR count). The van der Waals surface area contributed by atoms with E-state index in [-0.39, 0.29) is 0 Å². The average Bonchev–Trinajstić information content (AvgIpc) is 3.79. The molecule has 0 spiro atoms. The first-order chi connectivity index (χ1) is 25.2. The minimum atomic E-state index is 0.909.